The quantitative estimate of drug-likeness (QED) is 0.730. The fraction of sp³-hybridized carbons (Fsp3) is 0.294. The van der Waals surface area contributed by atoms with Gasteiger partial charge in [0, 0.05) is 12.2 Å². The van der Waals surface area contributed by atoms with Gasteiger partial charge in [-0.1, -0.05) is 0 Å². The fourth-order valence-electron chi connectivity index (χ4n) is 2.26. The minimum Gasteiger partial charge on any atom is -0.406 e. The molecule has 2 aromatic rings. The summed E-state index contributed by atoms with van der Waals surface area (Å²) in [6.07, 6.45) is -4.80. The van der Waals surface area contributed by atoms with E-state index in [2.05, 4.69) is 15.4 Å². The van der Waals surface area contributed by atoms with Gasteiger partial charge in [0.25, 0.3) is 0 Å². The summed E-state index contributed by atoms with van der Waals surface area (Å²) < 4.78 is 40.1. The molecule has 0 unspecified atom stereocenters. The zero-order valence-electron chi connectivity index (χ0n) is 14.5. The van der Waals surface area contributed by atoms with E-state index < -0.39 is 23.9 Å². The van der Waals surface area contributed by atoms with Crippen LogP contribution in [0.15, 0.2) is 41.1 Å². The smallest absolute Gasteiger partial charge is 0.406 e. The molecule has 0 radical (unpaired) electrons. The molecule has 1 aromatic heterocycles. The van der Waals surface area contributed by atoms with Gasteiger partial charge in [-0.05, 0) is 60.8 Å². The highest BCUT2D eigenvalue weighted by Gasteiger charge is 2.31. The Morgan fingerprint density at radius 1 is 1.15 bits per heavy atom. The van der Waals surface area contributed by atoms with E-state index in [1.807, 2.05) is 35.8 Å². The topological polar surface area (TPSA) is 70.7 Å². The van der Waals surface area contributed by atoms with Crippen molar-refractivity contribution in [2.45, 2.75) is 12.4 Å². The van der Waals surface area contributed by atoms with Crippen molar-refractivity contribution in [3.8, 4) is 5.75 Å². The lowest BCUT2D eigenvalue weighted by atomic mass is 10.1. The van der Waals surface area contributed by atoms with Crippen molar-refractivity contribution in [3.05, 3.63) is 46.7 Å². The van der Waals surface area contributed by atoms with Gasteiger partial charge in [0.05, 0.1) is 6.04 Å². The van der Waals surface area contributed by atoms with E-state index in [9.17, 15) is 22.8 Å². The molecule has 0 saturated carbocycles. The Bertz CT molecular complexity index is 762. The van der Waals surface area contributed by atoms with Crippen molar-refractivity contribution < 1.29 is 27.5 Å². The number of nitrogens with one attached hydrogen (secondary N) is 2. The molecule has 146 valence electrons. The Balaban J connectivity index is 1.89. The highest BCUT2D eigenvalue weighted by molar-refractivity contribution is 7.07. The van der Waals surface area contributed by atoms with E-state index in [-0.39, 0.29) is 18.3 Å². The average Bonchev–Trinajstić information content (AvgIpc) is 3.09. The minimum absolute atomic E-state index is 0.0909. The molecule has 2 N–H and O–H groups in total. The number of amides is 2. The molecule has 0 fully saturated rings. The molecular weight excluding hydrogens is 383 g/mol. The predicted octanol–water partition coefficient (Wildman–Crippen LogP) is 3.00. The summed E-state index contributed by atoms with van der Waals surface area (Å²) in [5, 5.41) is 8.76. The molecule has 10 heteroatoms. The number of hydrogen-bond donors (Lipinski definition) is 2. The molecule has 0 saturated heterocycles. The van der Waals surface area contributed by atoms with Gasteiger partial charge in [-0.25, -0.2) is 0 Å². The average molecular weight is 401 g/mol. The Hall–Kier alpha value is -2.59. The first-order valence-electron chi connectivity index (χ1n) is 7.79. The number of ether oxygens (including phenoxy) is 1. The summed E-state index contributed by atoms with van der Waals surface area (Å²) in [6.45, 7) is 0.231. The Labute approximate surface area is 157 Å². The maximum Gasteiger partial charge on any atom is 0.573 e. The summed E-state index contributed by atoms with van der Waals surface area (Å²) in [4.78, 5) is 25.9. The van der Waals surface area contributed by atoms with Crippen molar-refractivity contribution in [2.24, 2.45) is 0 Å². The van der Waals surface area contributed by atoms with Crippen LogP contribution in [0.1, 0.15) is 11.6 Å². The third-order valence-corrected chi connectivity index (χ3v) is 4.26. The second kappa shape index (κ2) is 8.87. The van der Waals surface area contributed by atoms with Gasteiger partial charge in [0.2, 0.25) is 0 Å². The minimum atomic E-state index is -4.80. The van der Waals surface area contributed by atoms with Crippen LogP contribution in [0.5, 0.6) is 5.75 Å². The standard InChI is InChI=1S/C17H18F3N3O3S/c1-23(2)14(11-7-8-27-10-11)9-21-15(24)16(25)22-12-3-5-13(6-4-12)26-17(18,19)20/h3-8,10,14H,9H2,1-2H3,(H,21,24)(H,22,25)/t14-/m0/s1. The number of likely N-dealkylation sites (N-methyl/N-ethyl adjacent to an activating group) is 1. The molecule has 1 heterocycles. The van der Waals surface area contributed by atoms with Crippen molar-refractivity contribution in [3.63, 3.8) is 0 Å². The Morgan fingerprint density at radius 3 is 2.33 bits per heavy atom. The molecule has 2 rings (SSSR count). The molecule has 0 spiro atoms. The number of hydrogen-bond acceptors (Lipinski definition) is 5. The first kappa shape index (κ1) is 20.7. The molecule has 1 atom stereocenters. The molecule has 1 aromatic carbocycles. The van der Waals surface area contributed by atoms with E-state index in [4.69, 9.17) is 0 Å². The van der Waals surface area contributed by atoms with Crippen molar-refractivity contribution in [1.82, 2.24) is 10.2 Å². The molecular formula is C17H18F3N3O3S. The zero-order valence-corrected chi connectivity index (χ0v) is 15.4. The maximum atomic E-state index is 12.1. The van der Waals surface area contributed by atoms with Crippen LogP contribution in [0.2, 0.25) is 0 Å². The summed E-state index contributed by atoms with van der Waals surface area (Å²) in [5.41, 5.74) is 1.19. The summed E-state index contributed by atoms with van der Waals surface area (Å²) in [7, 11) is 3.72. The molecule has 27 heavy (non-hydrogen) atoms. The zero-order chi connectivity index (χ0) is 20.0. The molecule has 0 aliphatic heterocycles. The summed E-state index contributed by atoms with van der Waals surface area (Å²) >= 11 is 1.53. The highest BCUT2D eigenvalue weighted by Crippen LogP contribution is 2.24. The summed E-state index contributed by atoms with van der Waals surface area (Å²) in [5.74, 6) is -2.18. The lowest BCUT2D eigenvalue weighted by molar-refractivity contribution is -0.274. The number of carbonyl (C=O) groups is 2. The van der Waals surface area contributed by atoms with Crippen LogP contribution in [-0.4, -0.2) is 43.7 Å². The maximum absolute atomic E-state index is 12.1. The van der Waals surface area contributed by atoms with E-state index >= 15 is 0 Å². The van der Waals surface area contributed by atoms with Crippen LogP contribution in [0.4, 0.5) is 18.9 Å². The van der Waals surface area contributed by atoms with Gasteiger partial charge < -0.3 is 20.3 Å². The second-order valence-corrected chi connectivity index (χ2v) is 6.55. The SMILES string of the molecule is CN(C)[C@@H](CNC(=O)C(=O)Nc1ccc(OC(F)(F)F)cc1)c1ccsc1. The third kappa shape index (κ3) is 6.57. The van der Waals surface area contributed by atoms with E-state index in [0.29, 0.717) is 0 Å². The van der Waals surface area contributed by atoms with E-state index in [0.717, 1.165) is 17.7 Å². The van der Waals surface area contributed by atoms with E-state index in [1.165, 1.54) is 23.5 Å². The Kier molecular flexibility index (Phi) is 6.81. The normalized spacial score (nSPS) is 12.5. The number of alkyl halides is 3. The van der Waals surface area contributed by atoms with Crippen molar-refractivity contribution in [1.29, 1.82) is 0 Å². The molecule has 0 aliphatic rings. The van der Waals surface area contributed by atoms with Gasteiger partial charge in [-0.2, -0.15) is 11.3 Å². The number of rotatable bonds is 6. The van der Waals surface area contributed by atoms with Crippen molar-refractivity contribution in [2.75, 3.05) is 26.0 Å². The van der Waals surface area contributed by atoms with Gasteiger partial charge in [-0.15, -0.1) is 13.2 Å². The Morgan fingerprint density at radius 2 is 1.81 bits per heavy atom. The van der Waals surface area contributed by atoms with Crippen LogP contribution in [-0.2, 0) is 9.59 Å². The monoisotopic (exact) mass is 401 g/mol. The van der Waals surface area contributed by atoms with Gasteiger partial charge in [-0.3, -0.25) is 9.59 Å². The molecule has 2 amide bonds. The fourth-order valence-corrected chi connectivity index (χ4v) is 2.97. The second-order valence-electron chi connectivity index (χ2n) is 5.77. The number of benzene rings is 1. The number of nitrogens with zero attached hydrogens (tertiary/aromatic N) is 1. The highest BCUT2D eigenvalue weighted by atomic mass is 32.1. The largest absolute Gasteiger partial charge is 0.573 e. The van der Waals surface area contributed by atoms with Crippen LogP contribution >= 0.6 is 11.3 Å². The van der Waals surface area contributed by atoms with E-state index in [1.54, 1.807) is 0 Å². The van der Waals surface area contributed by atoms with Crippen LogP contribution < -0.4 is 15.4 Å². The first-order chi connectivity index (χ1) is 12.7. The first-order valence-corrected chi connectivity index (χ1v) is 8.73. The van der Waals surface area contributed by atoms with Gasteiger partial charge >= 0.3 is 18.2 Å². The number of thiophene rings is 1. The van der Waals surface area contributed by atoms with Gasteiger partial charge in [0.1, 0.15) is 5.75 Å². The molecule has 0 aliphatic carbocycles. The number of anilines is 1. The van der Waals surface area contributed by atoms with Crippen LogP contribution in [0.25, 0.3) is 0 Å². The lowest BCUT2D eigenvalue weighted by Crippen LogP contribution is -2.40. The van der Waals surface area contributed by atoms with Crippen LogP contribution in [0.3, 0.4) is 0 Å². The molecule has 6 nitrogen and oxygen atoms in total. The summed E-state index contributed by atoms with van der Waals surface area (Å²) in [6, 6.07) is 6.35. The number of carbonyl (C=O) groups excluding carboxylic acids is 2. The number of halogens is 3. The lowest BCUT2D eigenvalue weighted by Gasteiger charge is -2.23. The third-order valence-electron chi connectivity index (χ3n) is 3.56. The molecule has 0 bridgehead atoms. The predicted molar refractivity (Wildman–Crippen MR) is 95.5 cm³/mol. The van der Waals surface area contributed by atoms with Gasteiger partial charge in [0.15, 0.2) is 0 Å². The van der Waals surface area contributed by atoms with Crippen molar-refractivity contribution >= 4 is 28.8 Å². The van der Waals surface area contributed by atoms with Crippen LogP contribution in [0, 0.1) is 0 Å².